The molecule has 2 fully saturated rings. The first-order chi connectivity index (χ1) is 12.5. The number of aromatic amines is 1. The van der Waals surface area contributed by atoms with Gasteiger partial charge in [-0.3, -0.25) is 14.7 Å². The van der Waals surface area contributed by atoms with Crippen LogP contribution in [0.2, 0.25) is 0 Å². The van der Waals surface area contributed by atoms with E-state index in [0.717, 1.165) is 18.7 Å². The number of nitrogens with two attached hydrogens (primary N) is 1. The van der Waals surface area contributed by atoms with E-state index in [1.807, 2.05) is 11.0 Å². The lowest BCUT2D eigenvalue weighted by atomic mass is 9.82. The summed E-state index contributed by atoms with van der Waals surface area (Å²) < 4.78 is 13.4. The topological polar surface area (TPSA) is 98.5 Å². The Kier molecular flexibility index (Phi) is 4.16. The van der Waals surface area contributed by atoms with Crippen molar-refractivity contribution < 1.29 is 9.50 Å². The first-order valence-corrected chi connectivity index (χ1v) is 8.67. The van der Waals surface area contributed by atoms with Crippen molar-refractivity contribution in [3.8, 4) is 0 Å². The average Bonchev–Trinajstić information content (AvgIpc) is 3.08. The Labute approximate surface area is 150 Å². The Morgan fingerprint density at radius 2 is 2.19 bits per heavy atom. The number of aromatic nitrogens is 2. The molecule has 26 heavy (non-hydrogen) atoms. The Bertz CT molecular complexity index is 873. The molecule has 0 aliphatic carbocycles. The van der Waals surface area contributed by atoms with Crippen molar-refractivity contribution in [2.75, 3.05) is 43.4 Å². The number of aliphatic hydroxyl groups excluding tert-OH is 1. The molecule has 7 nitrogen and oxygen atoms in total. The van der Waals surface area contributed by atoms with E-state index >= 15 is 0 Å². The molecule has 2 saturated heterocycles. The van der Waals surface area contributed by atoms with Crippen LogP contribution in [0.15, 0.2) is 35.1 Å². The monoisotopic (exact) mass is 359 g/mol. The highest BCUT2D eigenvalue weighted by molar-refractivity contribution is 5.43. The van der Waals surface area contributed by atoms with Gasteiger partial charge in [0.1, 0.15) is 11.6 Å². The van der Waals surface area contributed by atoms with Gasteiger partial charge in [0.15, 0.2) is 0 Å². The van der Waals surface area contributed by atoms with Crippen LogP contribution in [-0.2, 0) is 6.54 Å². The van der Waals surface area contributed by atoms with E-state index in [-0.39, 0.29) is 35.3 Å². The summed E-state index contributed by atoms with van der Waals surface area (Å²) in [7, 11) is 0. The molecule has 4 rings (SSSR count). The van der Waals surface area contributed by atoms with Gasteiger partial charge in [-0.2, -0.15) is 4.98 Å². The molecule has 2 aliphatic rings. The maximum absolute atomic E-state index is 13.4. The number of aliphatic hydroxyl groups is 1. The van der Waals surface area contributed by atoms with Crippen LogP contribution >= 0.6 is 0 Å². The number of benzene rings is 1. The molecule has 3 heterocycles. The van der Waals surface area contributed by atoms with E-state index in [1.165, 1.54) is 12.1 Å². The molecule has 2 atom stereocenters. The van der Waals surface area contributed by atoms with Gasteiger partial charge in [-0.1, -0.05) is 12.1 Å². The molecule has 0 spiro atoms. The number of likely N-dealkylation sites (tertiary alicyclic amines) is 1. The van der Waals surface area contributed by atoms with Crippen molar-refractivity contribution in [3.05, 3.63) is 52.1 Å². The number of H-pyrrole nitrogens is 1. The number of nitrogens with zero attached hydrogens (tertiary/aromatic N) is 3. The Morgan fingerprint density at radius 1 is 1.35 bits per heavy atom. The molecule has 0 radical (unpaired) electrons. The summed E-state index contributed by atoms with van der Waals surface area (Å²) in [5, 5.41) is 10.1. The smallest absolute Gasteiger partial charge is 0.254 e. The fourth-order valence-corrected chi connectivity index (χ4v) is 4.33. The molecule has 0 saturated carbocycles. The summed E-state index contributed by atoms with van der Waals surface area (Å²) in [5.74, 6) is 0.659. The summed E-state index contributed by atoms with van der Waals surface area (Å²) in [5.41, 5.74) is 6.02. The molecule has 0 bridgehead atoms. The van der Waals surface area contributed by atoms with E-state index in [1.54, 1.807) is 12.1 Å². The van der Waals surface area contributed by atoms with E-state index < -0.39 is 0 Å². The van der Waals surface area contributed by atoms with Gasteiger partial charge < -0.3 is 15.7 Å². The Balaban J connectivity index is 1.50. The van der Waals surface area contributed by atoms with Gasteiger partial charge in [0, 0.05) is 44.2 Å². The number of fused-ring (bicyclic) bond motifs is 1. The van der Waals surface area contributed by atoms with Gasteiger partial charge in [0.05, 0.1) is 6.61 Å². The van der Waals surface area contributed by atoms with Crippen molar-refractivity contribution >= 4 is 11.8 Å². The molecule has 1 aromatic heterocycles. The van der Waals surface area contributed by atoms with Crippen LogP contribution in [0.4, 0.5) is 16.2 Å². The summed E-state index contributed by atoms with van der Waals surface area (Å²) in [6.45, 7) is 3.57. The lowest BCUT2D eigenvalue weighted by Crippen LogP contribution is -2.37. The molecule has 1 aromatic carbocycles. The highest BCUT2D eigenvalue weighted by Crippen LogP contribution is 2.43. The van der Waals surface area contributed by atoms with Crippen molar-refractivity contribution in [3.63, 3.8) is 0 Å². The summed E-state index contributed by atoms with van der Waals surface area (Å²) in [4.78, 5) is 22.6. The molecular formula is C18H22FN5O2. The standard InChI is InChI=1S/C18H22FN5O2/c19-14-3-1-2-12(4-14)6-23-7-13-8-24(10-18(13,9-23)11-25)15-5-16(26)22-17(20)21-15/h1-5,13,25H,6-11H2,(H3,20,21,22,26). The normalized spacial score (nSPS) is 25.6. The zero-order valence-corrected chi connectivity index (χ0v) is 14.4. The molecular weight excluding hydrogens is 337 g/mol. The lowest BCUT2D eigenvalue weighted by Gasteiger charge is -2.27. The second kappa shape index (κ2) is 6.37. The van der Waals surface area contributed by atoms with Gasteiger partial charge in [-0.05, 0) is 23.6 Å². The molecule has 2 unspecified atom stereocenters. The zero-order chi connectivity index (χ0) is 18.3. The van der Waals surface area contributed by atoms with Crippen LogP contribution in [0.25, 0.3) is 0 Å². The third-order valence-corrected chi connectivity index (χ3v) is 5.51. The summed E-state index contributed by atoms with van der Waals surface area (Å²) in [6, 6.07) is 8.06. The molecule has 4 N–H and O–H groups in total. The van der Waals surface area contributed by atoms with Crippen LogP contribution < -0.4 is 16.2 Å². The second-order valence-electron chi connectivity index (χ2n) is 7.39. The van der Waals surface area contributed by atoms with Crippen molar-refractivity contribution in [2.45, 2.75) is 6.54 Å². The van der Waals surface area contributed by atoms with Gasteiger partial charge in [-0.25, -0.2) is 4.39 Å². The van der Waals surface area contributed by atoms with E-state index in [9.17, 15) is 14.3 Å². The van der Waals surface area contributed by atoms with E-state index in [0.29, 0.717) is 25.5 Å². The van der Waals surface area contributed by atoms with Crippen molar-refractivity contribution in [2.24, 2.45) is 11.3 Å². The summed E-state index contributed by atoms with van der Waals surface area (Å²) in [6.07, 6.45) is 0. The number of hydrogen-bond donors (Lipinski definition) is 3. The first kappa shape index (κ1) is 17.0. The minimum absolute atomic E-state index is 0.0620. The molecule has 2 aromatic rings. The fraction of sp³-hybridized carbons (Fsp3) is 0.444. The van der Waals surface area contributed by atoms with Gasteiger partial charge in [0.2, 0.25) is 5.95 Å². The Hall–Kier alpha value is -2.45. The van der Waals surface area contributed by atoms with Crippen LogP contribution in [0.3, 0.4) is 0 Å². The van der Waals surface area contributed by atoms with E-state index in [2.05, 4.69) is 14.9 Å². The van der Waals surface area contributed by atoms with Crippen molar-refractivity contribution in [1.29, 1.82) is 0 Å². The molecule has 138 valence electrons. The fourth-order valence-electron chi connectivity index (χ4n) is 4.33. The minimum Gasteiger partial charge on any atom is -0.396 e. The minimum atomic E-state index is -0.282. The zero-order valence-electron chi connectivity index (χ0n) is 14.4. The number of anilines is 2. The number of halogens is 1. The van der Waals surface area contributed by atoms with Crippen LogP contribution in [-0.4, -0.2) is 52.8 Å². The predicted octanol–water partition coefficient (Wildman–Crippen LogP) is 0.422. The summed E-state index contributed by atoms with van der Waals surface area (Å²) >= 11 is 0. The maximum Gasteiger partial charge on any atom is 0.254 e. The van der Waals surface area contributed by atoms with Crippen molar-refractivity contribution in [1.82, 2.24) is 14.9 Å². The number of nitrogen functional groups attached to an aromatic ring is 1. The Morgan fingerprint density at radius 3 is 2.88 bits per heavy atom. The second-order valence-corrected chi connectivity index (χ2v) is 7.39. The number of hydrogen-bond acceptors (Lipinski definition) is 6. The lowest BCUT2D eigenvalue weighted by molar-refractivity contribution is 0.125. The van der Waals surface area contributed by atoms with Crippen LogP contribution in [0, 0.1) is 17.2 Å². The molecule has 2 aliphatic heterocycles. The predicted molar refractivity (Wildman–Crippen MR) is 96.2 cm³/mol. The highest BCUT2D eigenvalue weighted by Gasteiger charge is 2.52. The highest BCUT2D eigenvalue weighted by atomic mass is 19.1. The number of rotatable bonds is 4. The molecule has 8 heteroatoms. The first-order valence-electron chi connectivity index (χ1n) is 8.67. The van der Waals surface area contributed by atoms with E-state index in [4.69, 9.17) is 5.73 Å². The van der Waals surface area contributed by atoms with Gasteiger partial charge in [-0.15, -0.1) is 0 Å². The van der Waals surface area contributed by atoms with Gasteiger partial charge >= 0.3 is 0 Å². The maximum atomic E-state index is 13.4. The quantitative estimate of drug-likeness (QED) is 0.732. The number of nitrogens with one attached hydrogen (secondary N) is 1. The van der Waals surface area contributed by atoms with Crippen LogP contribution in [0.5, 0.6) is 0 Å². The average molecular weight is 359 g/mol. The van der Waals surface area contributed by atoms with Crippen LogP contribution in [0.1, 0.15) is 5.56 Å². The largest absolute Gasteiger partial charge is 0.396 e. The third kappa shape index (κ3) is 3.06. The van der Waals surface area contributed by atoms with Gasteiger partial charge in [0.25, 0.3) is 5.56 Å². The third-order valence-electron chi connectivity index (χ3n) is 5.51. The SMILES string of the molecule is Nc1nc(N2CC3CN(Cc4cccc(F)c4)CC3(CO)C2)cc(=O)[nH]1. The molecule has 0 amide bonds.